The predicted octanol–water partition coefficient (Wildman–Crippen LogP) is 3.94. The van der Waals surface area contributed by atoms with Crippen LogP contribution in [-0.2, 0) is 34.0 Å². The molecule has 2 aliphatic rings. The molecule has 0 saturated heterocycles. The number of nitrogens with one attached hydrogen (secondary N) is 2. The van der Waals surface area contributed by atoms with E-state index in [1.54, 1.807) is 18.2 Å². The maximum atomic E-state index is 13.8. The molecule has 3 N–H and O–H groups in total. The molecule has 0 saturated carbocycles. The number of amides is 2. The van der Waals surface area contributed by atoms with Gasteiger partial charge in [0, 0.05) is 35.7 Å². The molecule has 2 aromatic heterocycles. The van der Waals surface area contributed by atoms with Crippen LogP contribution >= 0.6 is 11.3 Å². The molecule has 3 aromatic rings. The number of hydrogen-bond acceptors (Lipinski definition) is 7. The number of ether oxygens (including phenoxy) is 1. The fourth-order valence-corrected chi connectivity index (χ4v) is 7.22. The lowest BCUT2D eigenvalue weighted by atomic mass is 9.98. The van der Waals surface area contributed by atoms with E-state index < -0.39 is 22.0 Å². The number of thiophene rings is 1. The number of halogens is 1. The van der Waals surface area contributed by atoms with Gasteiger partial charge in [-0.15, -0.1) is 11.3 Å². The van der Waals surface area contributed by atoms with Gasteiger partial charge in [0.1, 0.15) is 4.21 Å². The lowest BCUT2D eigenvalue weighted by Gasteiger charge is -2.22. The van der Waals surface area contributed by atoms with Gasteiger partial charge in [-0.3, -0.25) is 0 Å². The molecule has 35 heavy (non-hydrogen) atoms. The predicted molar refractivity (Wildman–Crippen MR) is 129 cm³/mol. The molecule has 2 amide bonds. The summed E-state index contributed by atoms with van der Waals surface area (Å²) >= 11 is 1.05. The van der Waals surface area contributed by atoms with Gasteiger partial charge in [-0.1, -0.05) is 12.1 Å². The van der Waals surface area contributed by atoms with Gasteiger partial charge in [-0.2, -0.15) is 4.39 Å². The molecular weight excluding hydrogens is 493 g/mol. The van der Waals surface area contributed by atoms with Crippen molar-refractivity contribution < 1.29 is 27.4 Å². The monoisotopic (exact) mass is 517 g/mol. The summed E-state index contributed by atoms with van der Waals surface area (Å²) < 4.78 is 47.7. The zero-order valence-corrected chi connectivity index (χ0v) is 20.3. The molecule has 0 radical (unpaired) electrons. The number of aliphatic hydroxyl groups is 1. The first-order valence-electron chi connectivity index (χ1n) is 11.3. The number of rotatable bonds is 6. The molecule has 11 heteroatoms. The zero-order chi connectivity index (χ0) is 24.6. The number of anilines is 1. The van der Waals surface area contributed by atoms with E-state index in [9.17, 15) is 22.7 Å². The normalized spacial score (nSPS) is 17.0. The first-order chi connectivity index (χ1) is 16.9. The summed E-state index contributed by atoms with van der Waals surface area (Å²) in [5.41, 5.74) is 4.44. The average molecular weight is 518 g/mol. The number of benzene rings is 1. The van der Waals surface area contributed by atoms with Crippen LogP contribution in [-0.4, -0.2) is 37.8 Å². The maximum absolute atomic E-state index is 13.8. The van der Waals surface area contributed by atoms with E-state index in [0.717, 1.165) is 52.2 Å². The second kappa shape index (κ2) is 9.65. The fourth-order valence-electron chi connectivity index (χ4n) is 4.67. The van der Waals surface area contributed by atoms with Gasteiger partial charge < -0.3 is 15.2 Å². The molecule has 3 heterocycles. The smallest absolute Gasteiger partial charge is 0.333 e. The Hall–Kier alpha value is -2.86. The molecular formula is C24H24FN3O5S2. The number of carbonyl (C=O) groups is 1. The molecule has 1 unspecified atom stereocenters. The van der Waals surface area contributed by atoms with Crippen LogP contribution in [0.5, 0.6) is 0 Å². The first-order valence-corrected chi connectivity index (χ1v) is 13.6. The highest BCUT2D eigenvalue weighted by atomic mass is 32.2. The van der Waals surface area contributed by atoms with Crippen molar-refractivity contribution >= 4 is 33.1 Å². The summed E-state index contributed by atoms with van der Waals surface area (Å²) in [6.45, 7) is 0.370. The van der Waals surface area contributed by atoms with Crippen molar-refractivity contribution in [2.75, 3.05) is 18.5 Å². The minimum absolute atomic E-state index is 0.0146. The number of hydrogen-bond donors (Lipinski definition) is 3. The number of aromatic nitrogens is 1. The van der Waals surface area contributed by atoms with E-state index in [1.165, 1.54) is 12.3 Å². The van der Waals surface area contributed by atoms with E-state index in [1.807, 2.05) is 6.07 Å². The average Bonchev–Trinajstić information content (AvgIpc) is 3.47. The van der Waals surface area contributed by atoms with Crippen molar-refractivity contribution in [1.82, 2.24) is 9.71 Å². The first kappa shape index (κ1) is 23.9. The summed E-state index contributed by atoms with van der Waals surface area (Å²) in [5, 5.41) is 12.0. The topological polar surface area (TPSA) is 118 Å². The molecule has 0 bridgehead atoms. The molecule has 0 spiro atoms. The van der Waals surface area contributed by atoms with Crippen LogP contribution in [0.3, 0.4) is 0 Å². The Kier molecular flexibility index (Phi) is 6.58. The van der Waals surface area contributed by atoms with Gasteiger partial charge in [0.05, 0.1) is 18.4 Å². The van der Waals surface area contributed by atoms with Crippen LogP contribution in [0.25, 0.3) is 11.1 Å². The Labute approximate surface area is 206 Å². The highest BCUT2D eigenvalue weighted by Crippen LogP contribution is 2.39. The maximum Gasteiger partial charge on any atom is 0.333 e. The third-order valence-electron chi connectivity index (χ3n) is 6.24. The molecule has 184 valence electrons. The van der Waals surface area contributed by atoms with Gasteiger partial charge in [0.2, 0.25) is 5.95 Å². The standard InChI is InChI=1S/C24H24FN3O5S2/c25-20-12-15(6-9-26-20)18-5-4-14-2-1-3-17(14)22(18)27-24(30)28-35(31,32)21-13-16-8-11-33-19(7-10-29)23(16)34-21/h4-6,9,12-13,19,29H,1-3,7-8,10-11H2,(H2,27,28,30). The number of aryl methyl sites for hydroxylation is 1. The Bertz CT molecular complexity index is 1390. The highest BCUT2D eigenvalue weighted by molar-refractivity contribution is 7.92. The van der Waals surface area contributed by atoms with Gasteiger partial charge >= 0.3 is 6.03 Å². The van der Waals surface area contributed by atoms with Gasteiger partial charge in [-0.05, 0) is 60.1 Å². The Morgan fingerprint density at radius 2 is 2.06 bits per heavy atom. The fraction of sp³-hybridized carbons (Fsp3) is 0.333. The van der Waals surface area contributed by atoms with Crippen molar-refractivity contribution in [3.8, 4) is 11.1 Å². The third-order valence-corrected chi connectivity index (χ3v) is 9.32. The number of urea groups is 1. The quantitative estimate of drug-likeness (QED) is 0.427. The molecule has 8 nitrogen and oxygen atoms in total. The third kappa shape index (κ3) is 4.81. The van der Waals surface area contributed by atoms with Crippen molar-refractivity contribution in [2.24, 2.45) is 0 Å². The molecule has 1 aliphatic carbocycles. The van der Waals surface area contributed by atoms with Crippen molar-refractivity contribution in [3.05, 3.63) is 64.0 Å². The Morgan fingerprint density at radius 1 is 1.20 bits per heavy atom. The van der Waals surface area contributed by atoms with Crippen LogP contribution in [0.1, 0.15) is 40.5 Å². The van der Waals surface area contributed by atoms with E-state index in [4.69, 9.17) is 4.74 Å². The molecule has 0 fully saturated rings. The summed E-state index contributed by atoms with van der Waals surface area (Å²) in [6, 6.07) is 7.34. The summed E-state index contributed by atoms with van der Waals surface area (Å²) in [4.78, 5) is 17.3. The minimum Gasteiger partial charge on any atom is -0.396 e. The number of aliphatic hydroxyl groups excluding tert-OH is 1. The number of carbonyl (C=O) groups excluding carboxylic acids is 1. The van der Waals surface area contributed by atoms with Gasteiger partial charge in [0.25, 0.3) is 10.0 Å². The van der Waals surface area contributed by atoms with Crippen molar-refractivity contribution in [2.45, 2.75) is 42.4 Å². The Balaban J connectivity index is 1.42. The van der Waals surface area contributed by atoms with E-state index in [0.29, 0.717) is 36.3 Å². The molecule has 5 rings (SSSR count). The van der Waals surface area contributed by atoms with Gasteiger partial charge in [0.15, 0.2) is 0 Å². The number of sulfonamides is 1. The Morgan fingerprint density at radius 3 is 2.86 bits per heavy atom. The van der Waals surface area contributed by atoms with Crippen molar-refractivity contribution in [1.29, 1.82) is 0 Å². The molecule has 1 aromatic carbocycles. The van der Waals surface area contributed by atoms with E-state index >= 15 is 0 Å². The second-order valence-corrected chi connectivity index (χ2v) is 11.5. The summed E-state index contributed by atoms with van der Waals surface area (Å²) in [5.74, 6) is -0.647. The number of nitrogens with zero attached hydrogens (tertiary/aromatic N) is 1. The van der Waals surface area contributed by atoms with Gasteiger partial charge in [-0.25, -0.2) is 22.9 Å². The van der Waals surface area contributed by atoms with Crippen LogP contribution < -0.4 is 10.0 Å². The molecule has 1 atom stereocenters. The van der Waals surface area contributed by atoms with Crippen LogP contribution in [0, 0.1) is 5.95 Å². The second-order valence-electron chi connectivity index (χ2n) is 8.48. The van der Waals surface area contributed by atoms with E-state index in [2.05, 4.69) is 15.0 Å². The van der Waals surface area contributed by atoms with E-state index in [-0.39, 0.29) is 16.9 Å². The molecule has 1 aliphatic heterocycles. The summed E-state index contributed by atoms with van der Waals surface area (Å²) in [7, 11) is -4.14. The SMILES string of the molecule is O=C(Nc1c(-c2ccnc(F)c2)ccc2c1CCC2)NS(=O)(=O)c1cc2c(s1)C(CCO)OCC2. The lowest BCUT2D eigenvalue weighted by molar-refractivity contribution is 0.0282. The lowest BCUT2D eigenvalue weighted by Crippen LogP contribution is -2.34. The number of pyridine rings is 1. The minimum atomic E-state index is -4.14. The van der Waals surface area contributed by atoms with Crippen molar-refractivity contribution in [3.63, 3.8) is 0 Å². The largest absolute Gasteiger partial charge is 0.396 e. The van der Waals surface area contributed by atoms with Crippen LogP contribution in [0.2, 0.25) is 0 Å². The number of fused-ring (bicyclic) bond motifs is 2. The van der Waals surface area contributed by atoms with Crippen LogP contribution in [0.15, 0.2) is 40.7 Å². The highest BCUT2D eigenvalue weighted by Gasteiger charge is 2.29. The zero-order valence-electron chi connectivity index (χ0n) is 18.7. The summed E-state index contributed by atoms with van der Waals surface area (Å²) in [6.07, 6.45) is 4.42. The van der Waals surface area contributed by atoms with Crippen LogP contribution in [0.4, 0.5) is 14.9 Å².